The van der Waals surface area contributed by atoms with E-state index in [0.29, 0.717) is 5.92 Å². The average Bonchev–Trinajstić information content (AvgIpc) is 2.27. The molecule has 0 fully saturated rings. The molecule has 1 aromatic rings. The minimum atomic E-state index is 0.666. The Labute approximate surface area is 93.7 Å². The molecule has 0 saturated carbocycles. The van der Waals surface area contributed by atoms with Gasteiger partial charge in [-0.25, -0.2) is 0 Å². The average molecular weight is 202 g/mol. The SMILES string of the molecule is CCC1CCc2cc(C(C)C)ccc2C1. The molecule has 0 radical (unpaired) electrons. The van der Waals surface area contributed by atoms with Crippen molar-refractivity contribution in [1.82, 2.24) is 0 Å². The van der Waals surface area contributed by atoms with Crippen LogP contribution in [0.25, 0.3) is 0 Å². The molecule has 0 spiro atoms. The van der Waals surface area contributed by atoms with Gasteiger partial charge in [-0.05, 0) is 47.8 Å². The predicted octanol–water partition coefficient (Wildman–Crippen LogP) is 4.32. The lowest BCUT2D eigenvalue weighted by Crippen LogP contribution is -2.13. The minimum Gasteiger partial charge on any atom is -0.0651 e. The maximum absolute atomic E-state index is 2.44. The molecule has 0 N–H and O–H groups in total. The molecule has 0 saturated heterocycles. The molecule has 1 aromatic carbocycles. The molecule has 0 bridgehead atoms. The van der Waals surface area contributed by atoms with Crippen molar-refractivity contribution in [3.8, 4) is 0 Å². The third kappa shape index (κ3) is 2.25. The molecule has 1 aliphatic rings. The van der Waals surface area contributed by atoms with Crippen LogP contribution in [0.2, 0.25) is 0 Å². The summed E-state index contributed by atoms with van der Waals surface area (Å²) in [6.45, 7) is 6.87. The summed E-state index contributed by atoms with van der Waals surface area (Å²) in [4.78, 5) is 0. The molecule has 15 heavy (non-hydrogen) atoms. The van der Waals surface area contributed by atoms with E-state index in [0.717, 1.165) is 5.92 Å². The molecule has 0 heterocycles. The first kappa shape index (κ1) is 10.7. The minimum absolute atomic E-state index is 0.666. The topological polar surface area (TPSA) is 0 Å². The summed E-state index contributed by atoms with van der Waals surface area (Å²) in [5, 5.41) is 0. The van der Waals surface area contributed by atoms with Crippen LogP contribution in [0.5, 0.6) is 0 Å². The zero-order valence-electron chi connectivity index (χ0n) is 10.2. The van der Waals surface area contributed by atoms with Crippen LogP contribution < -0.4 is 0 Å². The Kier molecular flexibility index (Phi) is 3.14. The Morgan fingerprint density at radius 3 is 2.73 bits per heavy atom. The van der Waals surface area contributed by atoms with Gasteiger partial charge < -0.3 is 0 Å². The zero-order valence-corrected chi connectivity index (χ0v) is 10.2. The second kappa shape index (κ2) is 4.38. The summed E-state index contributed by atoms with van der Waals surface area (Å²) in [7, 11) is 0. The summed E-state index contributed by atoms with van der Waals surface area (Å²) >= 11 is 0. The van der Waals surface area contributed by atoms with Crippen molar-refractivity contribution >= 4 is 0 Å². The molecule has 0 amide bonds. The first-order valence-corrected chi connectivity index (χ1v) is 6.32. The van der Waals surface area contributed by atoms with Crippen molar-refractivity contribution in [2.75, 3.05) is 0 Å². The fraction of sp³-hybridized carbons (Fsp3) is 0.600. The van der Waals surface area contributed by atoms with Crippen LogP contribution in [-0.4, -0.2) is 0 Å². The Balaban J connectivity index is 2.24. The zero-order chi connectivity index (χ0) is 10.8. The van der Waals surface area contributed by atoms with Gasteiger partial charge in [0.15, 0.2) is 0 Å². The van der Waals surface area contributed by atoms with Crippen molar-refractivity contribution in [3.63, 3.8) is 0 Å². The van der Waals surface area contributed by atoms with Crippen LogP contribution in [0, 0.1) is 5.92 Å². The van der Waals surface area contributed by atoms with Crippen LogP contribution in [0.15, 0.2) is 18.2 Å². The number of benzene rings is 1. The highest BCUT2D eigenvalue weighted by atomic mass is 14.2. The predicted molar refractivity (Wildman–Crippen MR) is 66.3 cm³/mol. The molecule has 1 unspecified atom stereocenters. The van der Waals surface area contributed by atoms with Gasteiger partial charge in [0.05, 0.1) is 0 Å². The molecule has 2 rings (SSSR count). The third-order valence-corrected chi connectivity index (χ3v) is 3.80. The van der Waals surface area contributed by atoms with Gasteiger partial charge >= 0.3 is 0 Å². The molecular formula is C15H22. The Bertz CT molecular complexity index is 336. The van der Waals surface area contributed by atoms with Gasteiger partial charge in [0, 0.05) is 0 Å². The lowest BCUT2D eigenvalue weighted by molar-refractivity contribution is 0.444. The van der Waals surface area contributed by atoms with Crippen LogP contribution in [0.4, 0.5) is 0 Å². The van der Waals surface area contributed by atoms with E-state index in [1.165, 1.54) is 31.2 Å². The van der Waals surface area contributed by atoms with Crippen LogP contribution in [0.3, 0.4) is 0 Å². The Hall–Kier alpha value is -0.780. The molecule has 1 atom stereocenters. The fourth-order valence-corrected chi connectivity index (χ4v) is 2.56. The molecule has 0 heteroatoms. The third-order valence-electron chi connectivity index (χ3n) is 3.80. The first-order chi connectivity index (χ1) is 7.20. The highest BCUT2D eigenvalue weighted by Crippen LogP contribution is 2.29. The number of hydrogen-bond donors (Lipinski definition) is 0. The highest BCUT2D eigenvalue weighted by Gasteiger charge is 2.17. The van der Waals surface area contributed by atoms with E-state index >= 15 is 0 Å². The standard InChI is InChI=1S/C15H22/c1-4-12-5-6-15-10-13(11(2)3)7-8-14(15)9-12/h7-8,10-12H,4-6,9H2,1-3H3. The highest BCUT2D eigenvalue weighted by molar-refractivity contribution is 5.35. The van der Waals surface area contributed by atoms with Crippen LogP contribution in [0.1, 0.15) is 56.2 Å². The summed E-state index contributed by atoms with van der Waals surface area (Å²) < 4.78 is 0. The van der Waals surface area contributed by atoms with E-state index in [1.807, 2.05) is 0 Å². The van der Waals surface area contributed by atoms with Crippen molar-refractivity contribution in [3.05, 3.63) is 34.9 Å². The molecule has 0 nitrogen and oxygen atoms in total. The van der Waals surface area contributed by atoms with Crippen LogP contribution in [-0.2, 0) is 12.8 Å². The van der Waals surface area contributed by atoms with E-state index < -0.39 is 0 Å². The van der Waals surface area contributed by atoms with Gasteiger partial charge in [-0.15, -0.1) is 0 Å². The molecular weight excluding hydrogens is 180 g/mol. The molecule has 82 valence electrons. The number of hydrogen-bond acceptors (Lipinski definition) is 0. The normalized spacial score (nSPS) is 20.4. The maximum atomic E-state index is 2.44. The van der Waals surface area contributed by atoms with E-state index in [1.54, 1.807) is 11.1 Å². The van der Waals surface area contributed by atoms with Crippen molar-refractivity contribution in [2.45, 2.75) is 52.4 Å². The van der Waals surface area contributed by atoms with Gasteiger partial charge in [0.1, 0.15) is 0 Å². The van der Waals surface area contributed by atoms with Crippen molar-refractivity contribution in [2.24, 2.45) is 5.92 Å². The van der Waals surface area contributed by atoms with Gasteiger partial charge in [0.2, 0.25) is 0 Å². The lowest BCUT2D eigenvalue weighted by atomic mass is 9.81. The van der Waals surface area contributed by atoms with Gasteiger partial charge in [0.25, 0.3) is 0 Å². The molecule has 1 aliphatic carbocycles. The second-order valence-corrected chi connectivity index (χ2v) is 5.20. The summed E-state index contributed by atoms with van der Waals surface area (Å²) in [5.41, 5.74) is 4.73. The maximum Gasteiger partial charge on any atom is -0.0219 e. The second-order valence-electron chi connectivity index (χ2n) is 5.20. The lowest BCUT2D eigenvalue weighted by Gasteiger charge is -2.24. The van der Waals surface area contributed by atoms with Crippen molar-refractivity contribution in [1.29, 1.82) is 0 Å². The summed E-state index contributed by atoms with van der Waals surface area (Å²) in [5.74, 6) is 1.60. The largest absolute Gasteiger partial charge is 0.0651 e. The van der Waals surface area contributed by atoms with Crippen LogP contribution >= 0.6 is 0 Å². The van der Waals surface area contributed by atoms with Gasteiger partial charge in [-0.1, -0.05) is 45.4 Å². The van der Waals surface area contributed by atoms with E-state index in [2.05, 4.69) is 39.0 Å². The quantitative estimate of drug-likeness (QED) is 0.670. The summed E-state index contributed by atoms with van der Waals surface area (Å²) in [6, 6.07) is 7.12. The van der Waals surface area contributed by atoms with Crippen molar-refractivity contribution < 1.29 is 0 Å². The van der Waals surface area contributed by atoms with Gasteiger partial charge in [-0.2, -0.15) is 0 Å². The number of fused-ring (bicyclic) bond motifs is 1. The molecule has 0 aromatic heterocycles. The number of aryl methyl sites for hydroxylation is 1. The molecule has 0 aliphatic heterocycles. The fourth-order valence-electron chi connectivity index (χ4n) is 2.56. The Morgan fingerprint density at radius 1 is 1.27 bits per heavy atom. The van der Waals surface area contributed by atoms with Gasteiger partial charge in [-0.3, -0.25) is 0 Å². The monoisotopic (exact) mass is 202 g/mol. The Morgan fingerprint density at radius 2 is 2.07 bits per heavy atom. The number of rotatable bonds is 2. The van der Waals surface area contributed by atoms with E-state index in [-0.39, 0.29) is 0 Å². The van der Waals surface area contributed by atoms with E-state index in [9.17, 15) is 0 Å². The smallest absolute Gasteiger partial charge is 0.0219 e. The summed E-state index contributed by atoms with van der Waals surface area (Å²) in [6.07, 6.45) is 5.34. The first-order valence-electron chi connectivity index (χ1n) is 6.32. The van der Waals surface area contributed by atoms with E-state index in [4.69, 9.17) is 0 Å².